The number of carbonyl (C=O) groups excluding carboxylic acids is 1. The molecule has 1 rings (SSSR count). The lowest BCUT2D eigenvalue weighted by Gasteiger charge is -2.31. The molecule has 15 heavy (non-hydrogen) atoms. The van der Waals surface area contributed by atoms with Crippen molar-refractivity contribution in [3.05, 3.63) is 0 Å². The van der Waals surface area contributed by atoms with Crippen molar-refractivity contribution in [2.24, 2.45) is 5.92 Å². The maximum absolute atomic E-state index is 11.4. The van der Waals surface area contributed by atoms with Crippen molar-refractivity contribution in [2.45, 2.75) is 51.7 Å². The average Bonchev–Trinajstić information content (AvgIpc) is 1.98. The van der Waals surface area contributed by atoms with Gasteiger partial charge in [0.15, 0.2) is 0 Å². The largest absolute Gasteiger partial charge is 0.393 e. The number of aliphatic hydroxyl groups is 1. The first-order valence-electron chi connectivity index (χ1n) is 5.82. The number of urea groups is 1. The summed E-state index contributed by atoms with van der Waals surface area (Å²) in [5.74, 6) is 0.660. The fourth-order valence-corrected chi connectivity index (χ4v) is 1.71. The number of amides is 2. The third-order valence-corrected chi connectivity index (χ3v) is 3.06. The normalized spacial score (nSPS) is 20.2. The van der Waals surface area contributed by atoms with Crippen LogP contribution < -0.4 is 10.6 Å². The fraction of sp³-hybridized carbons (Fsp3) is 0.909. The summed E-state index contributed by atoms with van der Waals surface area (Å²) in [5, 5.41) is 14.7. The second-order valence-electron chi connectivity index (χ2n) is 4.52. The SMILES string of the molecule is CC(O)CCNC(=O)NC(C)C1CCC1. The summed E-state index contributed by atoms with van der Waals surface area (Å²) in [6.45, 7) is 4.30. The molecule has 1 aliphatic carbocycles. The van der Waals surface area contributed by atoms with Crippen molar-refractivity contribution < 1.29 is 9.90 Å². The van der Waals surface area contributed by atoms with Crippen molar-refractivity contribution in [1.82, 2.24) is 10.6 Å². The summed E-state index contributed by atoms with van der Waals surface area (Å²) in [4.78, 5) is 11.4. The van der Waals surface area contributed by atoms with Crippen LogP contribution in [0.15, 0.2) is 0 Å². The highest BCUT2D eigenvalue weighted by Gasteiger charge is 2.24. The molecule has 0 aliphatic heterocycles. The number of carbonyl (C=O) groups is 1. The van der Waals surface area contributed by atoms with Gasteiger partial charge < -0.3 is 15.7 Å². The maximum atomic E-state index is 11.4. The number of aliphatic hydroxyl groups excluding tert-OH is 1. The number of rotatable bonds is 5. The topological polar surface area (TPSA) is 61.4 Å². The zero-order valence-corrected chi connectivity index (χ0v) is 9.62. The molecule has 0 aromatic rings. The van der Waals surface area contributed by atoms with Crippen LogP contribution in [0.4, 0.5) is 4.79 Å². The van der Waals surface area contributed by atoms with Crippen molar-refractivity contribution >= 4 is 6.03 Å². The van der Waals surface area contributed by atoms with Crippen LogP contribution in [-0.2, 0) is 0 Å². The quantitative estimate of drug-likeness (QED) is 0.645. The predicted molar refractivity (Wildman–Crippen MR) is 59.6 cm³/mol. The molecule has 1 fully saturated rings. The van der Waals surface area contributed by atoms with E-state index in [4.69, 9.17) is 5.11 Å². The number of hydrogen-bond acceptors (Lipinski definition) is 2. The number of hydrogen-bond donors (Lipinski definition) is 3. The Balaban J connectivity index is 2.06. The molecular weight excluding hydrogens is 192 g/mol. The van der Waals surface area contributed by atoms with Crippen molar-refractivity contribution in [3.63, 3.8) is 0 Å². The predicted octanol–water partition coefficient (Wildman–Crippen LogP) is 1.25. The third-order valence-electron chi connectivity index (χ3n) is 3.06. The molecule has 1 aliphatic rings. The second kappa shape index (κ2) is 5.95. The highest BCUT2D eigenvalue weighted by molar-refractivity contribution is 5.74. The highest BCUT2D eigenvalue weighted by atomic mass is 16.3. The van der Waals surface area contributed by atoms with Crippen molar-refractivity contribution in [1.29, 1.82) is 0 Å². The Bertz CT molecular complexity index is 203. The van der Waals surface area contributed by atoms with Gasteiger partial charge in [0.1, 0.15) is 0 Å². The lowest BCUT2D eigenvalue weighted by Crippen LogP contribution is -2.46. The van der Waals surface area contributed by atoms with Gasteiger partial charge in [-0.25, -0.2) is 4.79 Å². The molecule has 4 nitrogen and oxygen atoms in total. The average molecular weight is 214 g/mol. The van der Waals surface area contributed by atoms with Gasteiger partial charge in [-0.3, -0.25) is 0 Å². The minimum absolute atomic E-state index is 0.116. The molecule has 2 unspecified atom stereocenters. The zero-order chi connectivity index (χ0) is 11.3. The Morgan fingerprint density at radius 3 is 2.60 bits per heavy atom. The van der Waals surface area contributed by atoms with E-state index in [-0.39, 0.29) is 18.2 Å². The standard InChI is InChI=1S/C11H22N2O2/c1-8(14)6-7-12-11(15)13-9(2)10-4-3-5-10/h8-10,14H,3-7H2,1-2H3,(H2,12,13,15). The molecule has 0 aromatic heterocycles. The van der Waals surface area contributed by atoms with Gasteiger partial charge >= 0.3 is 6.03 Å². The number of nitrogens with one attached hydrogen (secondary N) is 2. The van der Waals surface area contributed by atoms with Gasteiger partial charge in [-0.2, -0.15) is 0 Å². The Morgan fingerprint density at radius 1 is 1.47 bits per heavy atom. The molecule has 0 aromatic carbocycles. The lowest BCUT2D eigenvalue weighted by atomic mass is 9.80. The van der Waals surface area contributed by atoms with Crippen LogP contribution in [0.1, 0.15) is 39.5 Å². The highest BCUT2D eigenvalue weighted by Crippen LogP contribution is 2.29. The van der Waals surface area contributed by atoms with Crippen LogP contribution in [0.3, 0.4) is 0 Å². The smallest absolute Gasteiger partial charge is 0.315 e. The minimum Gasteiger partial charge on any atom is -0.393 e. The molecular formula is C11H22N2O2. The second-order valence-corrected chi connectivity index (χ2v) is 4.52. The third kappa shape index (κ3) is 4.51. The Kier molecular flexibility index (Phi) is 4.88. The summed E-state index contributed by atoms with van der Waals surface area (Å²) in [5.41, 5.74) is 0. The molecule has 0 heterocycles. The molecule has 0 spiro atoms. The lowest BCUT2D eigenvalue weighted by molar-refractivity contribution is 0.181. The first kappa shape index (κ1) is 12.3. The van der Waals surface area contributed by atoms with Crippen LogP contribution >= 0.6 is 0 Å². The van der Waals surface area contributed by atoms with Gasteiger partial charge in [0.25, 0.3) is 0 Å². The van der Waals surface area contributed by atoms with E-state index in [2.05, 4.69) is 17.6 Å². The van der Waals surface area contributed by atoms with E-state index >= 15 is 0 Å². The van der Waals surface area contributed by atoms with E-state index in [0.29, 0.717) is 18.9 Å². The monoisotopic (exact) mass is 214 g/mol. The van der Waals surface area contributed by atoms with Crippen LogP contribution in [0.25, 0.3) is 0 Å². The summed E-state index contributed by atoms with van der Waals surface area (Å²) in [6.07, 6.45) is 4.00. The van der Waals surface area contributed by atoms with Crippen LogP contribution in [0.5, 0.6) is 0 Å². The first-order valence-corrected chi connectivity index (χ1v) is 5.82. The molecule has 4 heteroatoms. The van der Waals surface area contributed by atoms with E-state index in [1.807, 2.05) is 0 Å². The van der Waals surface area contributed by atoms with E-state index in [1.165, 1.54) is 19.3 Å². The van der Waals surface area contributed by atoms with Gasteiger partial charge in [0.05, 0.1) is 6.10 Å². The van der Waals surface area contributed by atoms with Gasteiger partial charge in [-0.1, -0.05) is 6.42 Å². The van der Waals surface area contributed by atoms with Crippen LogP contribution in [0.2, 0.25) is 0 Å². The van der Waals surface area contributed by atoms with E-state index in [9.17, 15) is 4.79 Å². The molecule has 3 N–H and O–H groups in total. The molecule has 0 bridgehead atoms. The van der Waals surface area contributed by atoms with E-state index < -0.39 is 0 Å². The molecule has 0 saturated heterocycles. The van der Waals surface area contributed by atoms with E-state index in [1.54, 1.807) is 6.92 Å². The Labute approximate surface area is 91.4 Å². The molecule has 88 valence electrons. The summed E-state index contributed by atoms with van der Waals surface area (Å²) in [7, 11) is 0. The van der Waals surface area contributed by atoms with Crippen LogP contribution in [0, 0.1) is 5.92 Å². The Hall–Kier alpha value is -0.770. The first-order chi connectivity index (χ1) is 7.09. The van der Waals surface area contributed by atoms with Gasteiger partial charge in [0.2, 0.25) is 0 Å². The van der Waals surface area contributed by atoms with E-state index in [0.717, 1.165) is 0 Å². The summed E-state index contributed by atoms with van der Waals surface area (Å²) < 4.78 is 0. The maximum Gasteiger partial charge on any atom is 0.315 e. The zero-order valence-electron chi connectivity index (χ0n) is 9.62. The van der Waals surface area contributed by atoms with Crippen molar-refractivity contribution in [2.75, 3.05) is 6.54 Å². The molecule has 2 atom stereocenters. The van der Waals surface area contributed by atoms with Gasteiger partial charge in [-0.05, 0) is 39.0 Å². The van der Waals surface area contributed by atoms with Crippen LogP contribution in [-0.4, -0.2) is 29.8 Å². The van der Waals surface area contributed by atoms with Gasteiger partial charge in [0, 0.05) is 12.6 Å². The summed E-state index contributed by atoms with van der Waals surface area (Å²) >= 11 is 0. The van der Waals surface area contributed by atoms with Crippen molar-refractivity contribution in [3.8, 4) is 0 Å². The Morgan fingerprint density at radius 2 is 2.13 bits per heavy atom. The minimum atomic E-state index is -0.352. The van der Waals surface area contributed by atoms with Gasteiger partial charge in [-0.15, -0.1) is 0 Å². The molecule has 2 amide bonds. The molecule has 0 radical (unpaired) electrons. The molecule has 1 saturated carbocycles. The summed E-state index contributed by atoms with van der Waals surface area (Å²) in [6, 6.07) is 0.153. The fourth-order valence-electron chi connectivity index (χ4n) is 1.71.